The smallest absolute Gasteiger partial charge is 0.227 e. The van der Waals surface area contributed by atoms with Gasteiger partial charge in [0, 0.05) is 23.9 Å². The minimum atomic E-state index is 0.395. The predicted octanol–water partition coefficient (Wildman–Crippen LogP) is 2.02. The minimum Gasteiger partial charge on any atom is -0.455 e. The van der Waals surface area contributed by atoms with Gasteiger partial charge in [-0.1, -0.05) is 6.58 Å². The first-order valence-electron chi connectivity index (χ1n) is 4.41. The molecular formula is C10H10BrN3O. The molecule has 0 amide bonds. The molecule has 0 N–H and O–H groups in total. The molecule has 4 nitrogen and oxygen atoms in total. The van der Waals surface area contributed by atoms with Crippen LogP contribution in [0, 0.1) is 0 Å². The highest BCUT2D eigenvalue weighted by molar-refractivity contribution is 9.10. The number of hydrogen-bond donors (Lipinski definition) is 0. The molecule has 15 heavy (non-hydrogen) atoms. The molecule has 2 heterocycles. The van der Waals surface area contributed by atoms with Gasteiger partial charge in [0.05, 0.1) is 5.56 Å². The lowest BCUT2D eigenvalue weighted by molar-refractivity contribution is 0.208. The molecule has 1 aromatic heterocycles. The SMILES string of the molecule is C=CN1COc2nccc(Br)c2C1=NC. The van der Waals surface area contributed by atoms with Crippen LogP contribution in [0.4, 0.5) is 0 Å². The van der Waals surface area contributed by atoms with E-state index in [-0.39, 0.29) is 0 Å². The van der Waals surface area contributed by atoms with Gasteiger partial charge in [-0.2, -0.15) is 0 Å². The second kappa shape index (κ2) is 4.02. The highest BCUT2D eigenvalue weighted by Gasteiger charge is 2.24. The lowest BCUT2D eigenvalue weighted by Crippen LogP contribution is -2.35. The van der Waals surface area contributed by atoms with Crippen LogP contribution in [0.5, 0.6) is 5.88 Å². The van der Waals surface area contributed by atoms with Gasteiger partial charge >= 0.3 is 0 Å². The summed E-state index contributed by atoms with van der Waals surface area (Å²) in [6, 6.07) is 1.86. The molecule has 0 saturated carbocycles. The van der Waals surface area contributed by atoms with E-state index in [1.807, 2.05) is 11.0 Å². The van der Waals surface area contributed by atoms with E-state index in [1.165, 1.54) is 0 Å². The van der Waals surface area contributed by atoms with Gasteiger partial charge < -0.3 is 4.74 Å². The fourth-order valence-corrected chi connectivity index (χ4v) is 1.91. The molecule has 5 heteroatoms. The molecule has 1 aromatic rings. The van der Waals surface area contributed by atoms with Crippen LogP contribution in [0.2, 0.25) is 0 Å². The van der Waals surface area contributed by atoms with Crippen LogP contribution in [-0.4, -0.2) is 29.5 Å². The number of amidine groups is 1. The summed E-state index contributed by atoms with van der Waals surface area (Å²) in [4.78, 5) is 10.2. The van der Waals surface area contributed by atoms with Crippen LogP contribution in [0.15, 0.2) is 34.5 Å². The summed E-state index contributed by atoms with van der Waals surface area (Å²) in [6.45, 7) is 4.11. The number of fused-ring (bicyclic) bond motifs is 1. The molecule has 0 spiro atoms. The van der Waals surface area contributed by atoms with Gasteiger partial charge in [-0.05, 0) is 22.0 Å². The summed E-state index contributed by atoms with van der Waals surface area (Å²) in [5.41, 5.74) is 0.867. The monoisotopic (exact) mass is 267 g/mol. The van der Waals surface area contributed by atoms with Crippen molar-refractivity contribution in [1.82, 2.24) is 9.88 Å². The Balaban J connectivity index is 2.59. The maximum Gasteiger partial charge on any atom is 0.227 e. The van der Waals surface area contributed by atoms with Crippen LogP contribution in [0.1, 0.15) is 5.56 Å². The predicted molar refractivity (Wildman–Crippen MR) is 61.9 cm³/mol. The Hall–Kier alpha value is -1.36. The van der Waals surface area contributed by atoms with Gasteiger partial charge in [0.2, 0.25) is 5.88 Å². The molecule has 2 rings (SSSR count). The summed E-state index contributed by atoms with van der Waals surface area (Å²) in [7, 11) is 1.74. The Labute approximate surface area is 96.4 Å². The summed E-state index contributed by atoms with van der Waals surface area (Å²) < 4.78 is 6.39. The van der Waals surface area contributed by atoms with E-state index in [4.69, 9.17) is 4.74 Å². The number of ether oxygens (including phenoxy) is 1. The van der Waals surface area contributed by atoms with Gasteiger partial charge in [-0.15, -0.1) is 0 Å². The molecule has 78 valence electrons. The highest BCUT2D eigenvalue weighted by Crippen LogP contribution is 2.29. The first kappa shape index (κ1) is 10.2. The molecule has 0 atom stereocenters. The average Bonchev–Trinajstić information content (AvgIpc) is 2.28. The third-order valence-electron chi connectivity index (χ3n) is 2.13. The molecule has 0 aromatic carbocycles. The summed E-state index contributed by atoms with van der Waals surface area (Å²) in [5, 5.41) is 0. The quantitative estimate of drug-likeness (QED) is 0.782. The number of aliphatic imine (C=N–C) groups is 1. The Bertz CT molecular complexity index is 431. The zero-order chi connectivity index (χ0) is 10.8. The van der Waals surface area contributed by atoms with Crippen molar-refractivity contribution >= 4 is 21.8 Å². The highest BCUT2D eigenvalue weighted by atomic mass is 79.9. The van der Waals surface area contributed by atoms with Gasteiger partial charge in [0.25, 0.3) is 0 Å². The number of hydrogen-bond acceptors (Lipinski definition) is 3. The van der Waals surface area contributed by atoms with E-state index < -0.39 is 0 Å². The molecular weight excluding hydrogens is 258 g/mol. The third-order valence-corrected chi connectivity index (χ3v) is 2.79. The van der Waals surface area contributed by atoms with Crippen LogP contribution in [0.3, 0.4) is 0 Å². The second-order valence-corrected chi connectivity index (χ2v) is 3.80. The zero-order valence-electron chi connectivity index (χ0n) is 8.27. The van der Waals surface area contributed by atoms with Crippen LogP contribution >= 0.6 is 15.9 Å². The second-order valence-electron chi connectivity index (χ2n) is 2.95. The molecule has 0 bridgehead atoms. The van der Waals surface area contributed by atoms with E-state index in [0.717, 1.165) is 15.9 Å². The van der Waals surface area contributed by atoms with Crippen LogP contribution in [0.25, 0.3) is 0 Å². The van der Waals surface area contributed by atoms with Crippen molar-refractivity contribution < 1.29 is 4.74 Å². The normalized spacial score (nSPS) is 17.2. The summed E-state index contributed by atoms with van der Waals surface area (Å²) in [5.74, 6) is 1.41. The zero-order valence-corrected chi connectivity index (χ0v) is 9.86. The van der Waals surface area contributed by atoms with Gasteiger partial charge in [-0.25, -0.2) is 4.98 Å². The van der Waals surface area contributed by atoms with Crippen LogP contribution < -0.4 is 4.74 Å². The standard InChI is InChI=1S/C10H10BrN3O/c1-3-14-6-15-10-8(9(14)12-2)7(11)4-5-13-10/h3-5H,1,6H2,2H3. The maximum atomic E-state index is 5.47. The van der Waals surface area contributed by atoms with Crippen molar-refractivity contribution in [1.29, 1.82) is 0 Å². The van der Waals surface area contributed by atoms with Crippen molar-refractivity contribution in [3.63, 3.8) is 0 Å². The Morgan fingerprint density at radius 2 is 2.53 bits per heavy atom. The van der Waals surface area contributed by atoms with Crippen molar-refractivity contribution in [2.24, 2.45) is 4.99 Å². The van der Waals surface area contributed by atoms with E-state index >= 15 is 0 Å². The maximum absolute atomic E-state index is 5.47. The lowest BCUT2D eigenvalue weighted by Gasteiger charge is -2.28. The van der Waals surface area contributed by atoms with E-state index in [2.05, 4.69) is 32.5 Å². The summed E-state index contributed by atoms with van der Waals surface area (Å²) in [6.07, 6.45) is 3.38. The third kappa shape index (κ3) is 1.63. The molecule has 1 aliphatic rings. The molecule has 1 aliphatic heterocycles. The van der Waals surface area contributed by atoms with Crippen molar-refractivity contribution in [2.75, 3.05) is 13.8 Å². The van der Waals surface area contributed by atoms with Gasteiger partial charge in [-0.3, -0.25) is 9.89 Å². The Kier molecular flexibility index (Phi) is 2.73. The molecule has 0 unspecified atom stereocenters. The lowest BCUT2D eigenvalue weighted by atomic mass is 10.2. The number of pyridine rings is 1. The van der Waals surface area contributed by atoms with Crippen molar-refractivity contribution in [3.8, 4) is 5.88 Å². The fraction of sp³-hybridized carbons (Fsp3) is 0.200. The van der Waals surface area contributed by atoms with Crippen LogP contribution in [-0.2, 0) is 0 Å². The molecule has 0 radical (unpaired) electrons. The van der Waals surface area contributed by atoms with E-state index in [1.54, 1.807) is 19.4 Å². The first-order chi connectivity index (χ1) is 7.27. The molecule has 0 aliphatic carbocycles. The number of aromatic nitrogens is 1. The first-order valence-corrected chi connectivity index (χ1v) is 5.21. The summed E-state index contributed by atoms with van der Waals surface area (Å²) >= 11 is 3.46. The number of halogens is 1. The largest absolute Gasteiger partial charge is 0.455 e. The number of rotatable bonds is 1. The topological polar surface area (TPSA) is 37.7 Å². The van der Waals surface area contributed by atoms with Gasteiger partial charge in [0.15, 0.2) is 6.73 Å². The molecule has 0 fully saturated rings. The fourth-order valence-electron chi connectivity index (χ4n) is 1.45. The van der Waals surface area contributed by atoms with E-state index in [0.29, 0.717) is 12.6 Å². The van der Waals surface area contributed by atoms with Crippen molar-refractivity contribution in [3.05, 3.63) is 35.1 Å². The minimum absolute atomic E-state index is 0.395. The molecule has 0 saturated heterocycles. The van der Waals surface area contributed by atoms with Gasteiger partial charge in [0.1, 0.15) is 5.84 Å². The Morgan fingerprint density at radius 3 is 3.20 bits per heavy atom. The Morgan fingerprint density at radius 1 is 1.73 bits per heavy atom. The van der Waals surface area contributed by atoms with Crippen molar-refractivity contribution in [2.45, 2.75) is 0 Å². The average molecular weight is 268 g/mol. The van der Waals surface area contributed by atoms with E-state index in [9.17, 15) is 0 Å². The number of nitrogens with zero attached hydrogens (tertiary/aromatic N) is 3.